The van der Waals surface area contributed by atoms with Gasteiger partial charge < -0.3 is 14.0 Å². The summed E-state index contributed by atoms with van der Waals surface area (Å²) in [5.74, 6) is 1.58. The van der Waals surface area contributed by atoms with Crippen LogP contribution in [0, 0.1) is 13.8 Å². The van der Waals surface area contributed by atoms with Gasteiger partial charge in [0.2, 0.25) is 6.79 Å². The van der Waals surface area contributed by atoms with Crippen molar-refractivity contribution < 1.29 is 14.3 Å². The summed E-state index contributed by atoms with van der Waals surface area (Å²) in [7, 11) is 0. The summed E-state index contributed by atoms with van der Waals surface area (Å²) in [6, 6.07) is 7.84. The second kappa shape index (κ2) is 4.46. The molecular formula is C15H15NO3. The zero-order valence-electron chi connectivity index (χ0n) is 11.0. The predicted octanol–water partition coefficient (Wildman–Crippen LogP) is 2.69. The predicted molar refractivity (Wildman–Crippen MR) is 71.0 cm³/mol. The fraction of sp³-hybridized carbons (Fsp3) is 0.267. The topological polar surface area (TPSA) is 40.5 Å². The smallest absolute Gasteiger partial charge is 0.231 e. The maximum atomic E-state index is 10.9. The molecule has 98 valence electrons. The van der Waals surface area contributed by atoms with Crippen molar-refractivity contribution in [2.75, 3.05) is 6.79 Å². The molecule has 0 aliphatic carbocycles. The van der Waals surface area contributed by atoms with E-state index < -0.39 is 0 Å². The van der Waals surface area contributed by atoms with Crippen LogP contribution in [0.2, 0.25) is 0 Å². The first-order chi connectivity index (χ1) is 9.19. The Morgan fingerprint density at radius 1 is 1.21 bits per heavy atom. The minimum atomic E-state index is 0.287. The van der Waals surface area contributed by atoms with E-state index >= 15 is 0 Å². The number of hydrogen-bond donors (Lipinski definition) is 0. The molecule has 0 bridgehead atoms. The molecule has 0 atom stereocenters. The summed E-state index contributed by atoms with van der Waals surface area (Å²) in [5.41, 5.74) is 3.95. The molecule has 2 aromatic rings. The molecular weight excluding hydrogens is 242 g/mol. The average molecular weight is 257 g/mol. The third-order valence-corrected chi connectivity index (χ3v) is 3.52. The van der Waals surface area contributed by atoms with E-state index in [1.54, 1.807) is 0 Å². The Hall–Kier alpha value is -2.23. The number of benzene rings is 1. The zero-order valence-corrected chi connectivity index (χ0v) is 11.0. The highest BCUT2D eigenvalue weighted by atomic mass is 16.7. The summed E-state index contributed by atoms with van der Waals surface area (Å²) < 4.78 is 12.8. The Bertz CT molecular complexity index is 643. The highest BCUT2D eigenvalue weighted by Crippen LogP contribution is 2.33. The summed E-state index contributed by atoms with van der Waals surface area (Å²) in [4.78, 5) is 10.9. The van der Waals surface area contributed by atoms with E-state index in [2.05, 4.69) is 4.57 Å². The fourth-order valence-electron chi connectivity index (χ4n) is 2.41. The maximum Gasteiger partial charge on any atom is 0.231 e. The van der Waals surface area contributed by atoms with Crippen molar-refractivity contribution in [1.29, 1.82) is 0 Å². The fourth-order valence-corrected chi connectivity index (χ4v) is 2.41. The molecule has 4 nitrogen and oxygen atoms in total. The molecule has 0 unspecified atom stereocenters. The zero-order chi connectivity index (χ0) is 13.4. The highest BCUT2D eigenvalue weighted by molar-refractivity contribution is 5.77. The first-order valence-electron chi connectivity index (χ1n) is 6.19. The summed E-state index contributed by atoms with van der Waals surface area (Å²) in [5, 5.41) is 0. The number of aryl methyl sites for hydroxylation is 1. The molecule has 1 aliphatic heterocycles. The van der Waals surface area contributed by atoms with E-state index in [-0.39, 0.29) is 6.79 Å². The Kier molecular flexibility index (Phi) is 2.78. The van der Waals surface area contributed by atoms with Crippen molar-refractivity contribution >= 4 is 6.29 Å². The van der Waals surface area contributed by atoms with Crippen molar-refractivity contribution in [2.45, 2.75) is 20.4 Å². The van der Waals surface area contributed by atoms with Crippen LogP contribution in [0.3, 0.4) is 0 Å². The number of aldehydes is 1. The summed E-state index contributed by atoms with van der Waals surface area (Å²) in [6.45, 7) is 4.98. The first-order valence-corrected chi connectivity index (χ1v) is 6.19. The molecule has 1 aliphatic rings. The van der Waals surface area contributed by atoms with Gasteiger partial charge in [0, 0.05) is 23.5 Å². The Balaban J connectivity index is 1.93. The minimum Gasteiger partial charge on any atom is -0.454 e. The van der Waals surface area contributed by atoms with Crippen LogP contribution in [0.15, 0.2) is 24.3 Å². The van der Waals surface area contributed by atoms with Gasteiger partial charge in [0.1, 0.15) is 0 Å². The molecule has 2 heterocycles. The molecule has 1 aromatic heterocycles. The molecule has 3 rings (SSSR count). The Morgan fingerprint density at radius 3 is 2.74 bits per heavy atom. The normalized spacial score (nSPS) is 12.7. The standard InChI is InChI=1S/C15H15NO3/c1-10-5-13(8-17)11(2)16(10)7-12-3-4-14-15(6-12)19-9-18-14/h3-6,8H,7,9H2,1-2H3. The van der Waals surface area contributed by atoms with E-state index in [1.807, 2.05) is 38.1 Å². The molecule has 0 amide bonds. The van der Waals surface area contributed by atoms with Crippen molar-refractivity contribution in [3.8, 4) is 11.5 Å². The largest absolute Gasteiger partial charge is 0.454 e. The van der Waals surface area contributed by atoms with Gasteiger partial charge in [-0.15, -0.1) is 0 Å². The number of carbonyl (C=O) groups excluding carboxylic acids is 1. The molecule has 0 fully saturated rings. The van der Waals surface area contributed by atoms with E-state index in [1.165, 1.54) is 0 Å². The van der Waals surface area contributed by atoms with E-state index in [9.17, 15) is 4.79 Å². The SMILES string of the molecule is Cc1cc(C=O)c(C)n1Cc1ccc2c(c1)OCO2. The molecule has 0 radical (unpaired) electrons. The third-order valence-electron chi connectivity index (χ3n) is 3.52. The number of nitrogens with zero attached hydrogens (tertiary/aromatic N) is 1. The van der Waals surface area contributed by atoms with Gasteiger partial charge in [-0.25, -0.2) is 0 Å². The van der Waals surface area contributed by atoms with E-state index in [4.69, 9.17) is 9.47 Å². The van der Waals surface area contributed by atoms with Gasteiger partial charge in [0.25, 0.3) is 0 Å². The number of carbonyl (C=O) groups is 1. The molecule has 0 saturated heterocycles. The minimum absolute atomic E-state index is 0.287. The van der Waals surface area contributed by atoms with Crippen molar-refractivity contribution in [3.63, 3.8) is 0 Å². The summed E-state index contributed by atoms with van der Waals surface area (Å²) in [6.07, 6.45) is 0.901. The van der Waals surface area contributed by atoms with Gasteiger partial charge in [-0.3, -0.25) is 4.79 Å². The van der Waals surface area contributed by atoms with Crippen LogP contribution < -0.4 is 9.47 Å². The summed E-state index contributed by atoms with van der Waals surface area (Å²) >= 11 is 0. The highest BCUT2D eigenvalue weighted by Gasteiger charge is 2.14. The van der Waals surface area contributed by atoms with Crippen molar-refractivity contribution in [1.82, 2.24) is 4.57 Å². The second-order valence-corrected chi connectivity index (χ2v) is 4.72. The monoisotopic (exact) mass is 257 g/mol. The Morgan fingerprint density at radius 2 is 2.00 bits per heavy atom. The van der Waals surface area contributed by atoms with Gasteiger partial charge in [0.05, 0.1) is 0 Å². The molecule has 4 heteroatoms. The van der Waals surface area contributed by atoms with Crippen LogP contribution >= 0.6 is 0 Å². The first kappa shape index (κ1) is 11.8. The van der Waals surface area contributed by atoms with Gasteiger partial charge in [-0.05, 0) is 37.6 Å². The van der Waals surface area contributed by atoms with Crippen molar-refractivity contribution in [2.24, 2.45) is 0 Å². The lowest BCUT2D eigenvalue weighted by molar-refractivity contribution is 0.112. The second-order valence-electron chi connectivity index (χ2n) is 4.72. The number of aromatic nitrogens is 1. The van der Waals surface area contributed by atoms with Crippen LogP contribution in [0.4, 0.5) is 0 Å². The lowest BCUT2D eigenvalue weighted by atomic mass is 10.2. The lowest BCUT2D eigenvalue weighted by Crippen LogP contribution is -2.04. The number of hydrogen-bond acceptors (Lipinski definition) is 3. The van der Waals surface area contributed by atoms with Gasteiger partial charge >= 0.3 is 0 Å². The number of fused-ring (bicyclic) bond motifs is 1. The van der Waals surface area contributed by atoms with Crippen LogP contribution in [0.25, 0.3) is 0 Å². The van der Waals surface area contributed by atoms with Gasteiger partial charge in [0.15, 0.2) is 17.8 Å². The quantitative estimate of drug-likeness (QED) is 0.794. The molecule has 1 aromatic carbocycles. The lowest BCUT2D eigenvalue weighted by Gasteiger charge is -2.10. The van der Waals surface area contributed by atoms with Gasteiger partial charge in [-0.1, -0.05) is 6.07 Å². The van der Waals surface area contributed by atoms with Crippen LogP contribution in [0.5, 0.6) is 11.5 Å². The van der Waals surface area contributed by atoms with E-state index in [0.717, 1.165) is 46.8 Å². The third kappa shape index (κ3) is 1.99. The van der Waals surface area contributed by atoms with Crippen LogP contribution in [0.1, 0.15) is 27.3 Å². The molecule has 0 saturated carbocycles. The van der Waals surface area contributed by atoms with E-state index in [0.29, 0.717) is 0 Å². The molecule has 0 N–H and O–H groups in total. The Labute approximate surface area is 111 Å². The average Bonchev–Trinajstić information content (AvgIpc) is 2.97. The number of rotatable bonds is 3. The van der Waals surface area contributed by atoms with Gasteiger partial charge in [-0.2, -0.15) is 0 Å². The van der Waals surface area contributed by atoms with Crippen LogP contribution in [-0.2, 0) is 6.54 Å². The maximum absolute atomic E-state index is 10.9. The van der Waals surface area contributed by atoms with Crippen molar-refractivity contribution in [3.05, 3.63) is 46.8 Å². The molecule has 0 spiro atoms. The molecule has 19 heavy (non-hydrogen) atoms. The van der Waals surface area contributed by atoms with Crippen LogP contribution in [-0.4, -0.2) is 17.6 Å². The number of ether oxygens (including phenoxy) is 2.